The molecule has 5 heteroatoms. The van der Waals surface area contributed by atoms with Crippen molar-refractivity contribution in [3.8, 4) is 5.95 Å². The molecular weight excluding hydrogens is 402 g/mol. The van der Waals surface area contributed by atoms with Gasteiger partial charge in [-0.15, -0.1) is 0 Å². The fourth-order valence-electron chi connectivity index (χ4n) is 4.94. The molecule has 2 aliphatic rings. The zero-order chi connectivity index (χ0) is 22.7. The van der Waals surface area contributed by atoms with Gasteiger partial charge in [-0.05, 0) is 67.2 Å². The second-order valence-electron chi connectivity index (χ2n) is 9.77. The highest BCUT2D eigenvalue weighted by atomic mass is 16.6. The maximum atomic E-state index is 11.1. The Morgan fingerprint density at radius 1 is 1.25 bits per heavy atom. The number of nitrogens with one attached hydrogen (secondary N) is 1. The highest BCUT2D eigenvalue weighted by molar-refractivity contribution is 5.84. The first-order valence-corrected chi connectivity index (χ1v) is 12.1. The van der Waals surface area contributed by atoms with Gasteiger partial charge < -0.3 is 19.2 Å². The molecule has 0 aliphatic heterocycles. The van der Waals surface area contributed by atoms with Crippen LogP contribution in [0.15, 0.2) is 28.7 Å². The van der Waals surface area contributed by atoms with Crippen LogP contribution in [0.25, 0.3) is 11.8 Å². The number of hydrogen-bond acceptors (Lipinski definition) is 3. The number of H-pyrrole nitrogens is 1. The van der Waals surface area contributed by atoms with Gasteiger partial charge in [-0.2, -0.15) is 0 Å². The van der Waals surface area contributed by atoms with Crippen LogP contribution >= 0.6 is 0 Å². The highest BCUT2D eigenvalue weighted by Crippen LogP contribution is 2.31. The molecule has 0 bridgehead atoms. The van der Waals surface area contributed by atoms with Gasteiger partial charge >= 0.3 is 5.97 Å². The monoisotopic (exact) mass is 437 g/mol. The number of aromatic amines is 1. The van der Waals surface area contributed by atoms with Gasteiger partial charge in [-0.1, -0.05) is 52.2 Å². The van der Waals surface area contributed by atoms with Crippen LogP contribution in [0.3, 0.4) is 0 Å². The minimum atomic E-state index is -1.10. The zero-order valence-electron chi connectivity index (χ0n) is 19.4. The first kappa shape index (κ1) is 22.5. The summed E-state index contributed by atoms with van der Waals surface area (Å²) in [5, 5.41) is 11.3. The first-order chi connectivity index (χ1) is 15.4. The molecule has 0 aromatic carbocycles. The highest BCUT2D eigenvalue weighted by Gasteiger charge is 2.25. The molecule has 0 radical (unpaired) electrons. The molecular formula is C27H35NO4. The van der Waals surface area contributed by atoms with Gasteiger partial charge in [0.05, 0.1) is 5.35 Å². The van der Waals surface area contributed by atoms with Gasteiger partial charge in [-0.25, -0.2) is 4.79 Å². The second kappa shape index (κ2) is 9.85. The Morgan fingerprint density at radius 3 is 2.84 bits per heavy atom. The standard InChI is InChI=1S/C27H35NO4/c1-17(2)7-6-8-18(3)11-12-19-13-14-22(31-24-16-15-23(32-24)27(29)30)26-25(19)20-9-4-5-10-21(20)28-26/h10,13-19,28H,4-9,11-12H2,1-3H3,(H,29,30). The molecule has 2 aliphatic carbocycles. The van der Waals surface area contributed by atoms with E-state index in [4.69, 9.17) is 14.3 Å². The Balaban J connectivity index is 1.56. The number of carbonyl (C=O) groups is 1. The number of carboxylic acids is 1. The van der Waals surface area contributed by atoms with Gasteiger partial charge in [0.1, 0.15) is 0 Å². The predicted octanol–water partition coefficient (Wildman–Crippen LogP) is 5.51. The van der Waals surface area contributed by atoms with Crippen molar-refractivity contribution in [3.63, 3.8) is 0 Å². The van der Waals surface area contributed by atoms with Crippen LogP contribution in [0, 0.1) is 11.8 Å². The van der Waals surface area contributed by atoms with E-state index < -0.39 is 5.97 Å². The van der Waals surface area contributed by atoms with E-state index in [1.807, 2.05) is 6.08 Å². The molecule has 0 amide bonds. The summed E-state index contributed by atoms with van der Waals surface area (Å²) in [6, 6.07) is 2.98. The Hall–Kier alpha value is -2.69. The Bertz CT molecular complexity index is 1100. The van der Waals surface area contributed by atoms with Crippen molar-refractivity contribution in [3.05, 3.63) is 51.9 Å². The third-order valence-electron chi connectivity index (χ3n) is 6.71. The molecule has 2 unspecified atom stereocenters. The summed E-state index contributed by atoms with van der Waals surface area (Å²) >= 11 is 0. The Morgan fingerprint density at radius 2 is 2.09 bits per heavy atom. The molecule has 32 heavy (non-hydrogen) atoms. The fourth-order valence-corrected chi connectivity index (χ4v) is 4.94. The molecule has 172 valence electrons. The zero-order valence-corrected chi connectivity index (χ0v) is 19.4. The lowest BCUT2D eigenvalue weighted by molar-refractivity contribution is 0.0657. The Labute approximate surface area is 189 Å². The molecule has 2 atom stereocenters. The van der Waals surface area contributed by atoms with Crippen molar-refractivity contribution >= 4 is 17.8 Å². The van der Waals surface area contributed by atoms with Gasteiger partial charge in [-0.3, -0.25) is 0 Å². The van der Waals surface area contributed by atoms with E-state index in [0.717, 1.165) is 36.4 Å². The molecule has 0 fully saturated rings. The Kier molecular flexibility index (Phi) is 6.92. The number of furan rings is 1. The van der Waals surface area contributed by atoms with Crippen LogP contribution in [0.5, 0.6) is 5.95 Å². The fraction of sp³-hybridized carbons (Fsp3) is 0.519. The summed E-state index contributed by atoms with van der Waals surface area (Å²) in [5.41, 5.74) is 2.77. The maximum Gasteiger partial charge on any atom is 0.371 e. The van der Waals surface area contributed by atoms with Crippen molar-refractivity contribution in [2.24, 2.45) is 11.8 Å². The van der Waals surface area contributed by atoms with Crippen LogP contribution in [0.2, 0.25) is 0 Å². The minimum absolute atomic E-state index is 0.121. The van der Waals surface area contributed by atoms with Crippen LogP contribution in [-0.4, -0.2) is 16.1 Å². The van der Waals surface area contributed by atoms with Gasteiger partial charge in [0.25, 0.3) is 5.95 Å². The largest absolute Gasteiger partial charge is 0.475 e. The van der Waals surface area contributed by atoms with Crippen LogP contribution in [0.4, 0.5) is 0 Å². The van der Waals surface area contributed by atoms with E-state index in [9.17, 15) is 4.79 Å². The number of allylic oxidation sites excluding steroid dienone is 1. The van der Waals surface area contributed by atoms with Crippen LogP contribution in [-0.2, 0) is 6.42 Å². The van der Waals surface area contributed by atoms with Crippen molar-refractivity contribution in [2.45, 2.75) is 78.1 Å². The maximum absolute atomic E-state index is 11.1. The lowest BCUT2D eigenvalue weighted by atomic mass is 9.84. The summed E-state index contributed by atoms with van der Waals surface area (Å²) in [5.74, 6) is 1.55. The van der Waals surface area contributed by atoms with E-state index in [1.54, 1.807) is 6.07 Å². The van der Waals surface area contributed by atoms with Crippen molar-refractivity contribution in [1.82, 2.24) is 4.98 Å². The first-order valence-electron chi connectivity index (χ1n) is 12.1. The van der Waals surface area contributed by atoms with E-state index in [0.29, 0.717) is 11.7 Å². The smallest absolute Gasteiger partial charge is 0.371 e. The molecule has 4 rings (SSSR count). The van der Waals surface area contributed by atoms with Gasteiger partial charge in [0.2, 0.25) is 5.76 Å². The summed E-state index contributed by atoms with van der Waals surface area (Å²) in [6.45, 7) is 6.98. The number of rotatable bonds is 10. The number of aromatic nitrogens is 1. The van der Waals surface area contributed by atoms with E-state index in [-0.39, 0.29) is 11.7 Å². The number of fused-ring (bicyclic) bond motifs is 3. The summed E-state index contributed by atoms with van der Waals surface area (Å²) in [7, 11) is 0. The lowest BCUT2D eigenvalue weighted by Crippen LogP contribution is -2.22. The van der Waals surface area contributed by atoms with Gasteiger partial charge in [0.15, 0.2) is 5.76 Å². The number of hydrogen-bond donors (Lipinski definition) is 2. The third-order valence-corrected chi connectivity index (χ3v) is 6.71. The molecule has 2 heterocycles. The van der Waals surface area contributed by atoms with Crippen molar-refractivity contribution in [1.29, 1.82) is 0 Å². The number of carboxylic acid groups (broad SMARTS) is 1. The molecule has 2 aromatic rings. The second-order valence-corrected chi connectivity index (χ2v) is 9.77. The summed E-state index contributed by atoms with van der Waals surface area (Å²) < 4.78 is 11.3. The summed E-state index contributed by atoms with van der Waals surface area (Å²) in [6.07, 6.45) is 16.2. The normalized spacial score (nSPS) is 18.2. The van der Waals surface area contributed by atoms with Crippen molar-refractivity contribution in [2.75, 3.05) is 0 Å². The van der Waals surface area contributed by atoms with Crippen LogP contribution < -0.4 is 15.4 Å². The lowest BCUT2D eigenvalue weighted by Gasteiger charge is -2.21. The predicted molar refractivity (Wildman–Crippen MR) is 126 cm³/mol. The van der Waals surface area contributed by atoms with Crippen molar-refractivity contribution < 1.29 is 19.1 Å². The molecule has 0 saturated carbocycles. The quantitative estimate of drug-likeness (QED) is 0.514. The molecule has 5 nitrogen and oxygen atoms in total. The summed E-state index contributed by atoms with van der Waals surface area (Å²) in [4.78, 5) is 14.7. The minimum Gasteiger partial charge on any atom is -0.475 e. The molecule has 0 saturated heterocycles. The van der Waals surface area contributed by atoms with E-state index in [1.165, 1.54) is 54.6 Å². The van der Waals surface area contributed by atoms with E-state index >= 15 is 0 Å². The number of ether oxygens (including phenoxy) is 1. The van der Waals surface area contributed by atoms with E-state index in [2.05, 4.69) is 37.9 Å². The third kappa shape index (κ3) is 5.03. The SMILES string of the molecule is CC(C)CCCC(C)CCC1C=CC(Oc2ccc(C(=O)O)o2)=c2[nH]c3c(c21)CCCC=3. The average Bonchev–Trinajstić information content (AvgIpc) is 3.38. The molecule has 2 aromatic heterocycles. The van der Waals surface area contributed by atoms with Crippen LogP contribution in [0.1, 0.15) is 93.3 Å². The topological polar surface area (TPSA) is 75.5 Å². The van der Waals surface area contributed by atoms with Gasteiger partial charge in [0, 0.05) is 17.3 Å². The molecule has 2 N–H and O–H groups in total. The number of aromatic carboxylic acids is 1. The molecule has 0 spiro atoms. The average molecular weight is 438 g/mol.